The number of carbonyl (C=O) groups is 1. The van der Waals surface area contributed by atoms with Crippen molar-refractivity contribution in [3.63, 3.8) is 0 Å². The average molecular weight is 354 g/mol. The summed E-state index contributed by atoms with van der Waals surface area (Å²) in [5.41, 5.74) is 0.443. The van der Waals surface area contributed by atoms with Gasteiger partial charge in [0.15, 0.2) is 6.29 Å². The highest BCUT2D eigenvalue weighted by Crippen LogP contribution is 2.47. The van der Waals surface area contributed by atoms with Crippen LogP contribution in [0.1, 0.15) is 17.3 Å². The number of hydrogen-bond donors (Lipinski definition) is 0. The Hall–Kier alpha value is -2.42. The minimum absolute atomic E-state index is 0.304. The Morgan fingerprint density at radius 2 is 1.64 bits per heavy atom. The van der Waals surface area contributed by atoms with E-state index in [4.69, 9.17) is 9.26 Å². The third-order valence-corrected chi connectivity index (χ3v) is 6.69. The molecule has 0 aliphatic heterocycles. The standard InChI is InChI=1S/C20H19O4P/c1-3-24-25(22,15-9-5-4-6-10-15)20-13-19(23-2)18(14-21)16-11-7-8-12-17(16)20/h4-14H,3H2,1-2H3. The number of fused-ring (bicyclic) bond motifs is 1. The van der Waals surface area contributed by atoms with Crippen LogP contribution in [0.2, 0.25) is 0 Å². The summed E-state index contributed by atoms with van der Waals surface area (Å²) in [7, 11) is -1.84. The van der Waals surface area contributed by atoms with Crippen LogP contribution in [-0.4, -0.2) is 20.0 Å². The highest BCUT2D eigenvalue weighted by molar-refractivity contribution is 7.74. The first kappa shape index (κ1) is 17.4. The first-order valence-corrected chi connectivity index (χ1v) is 9.64. The monoisotopic (exact) mass is 354 g/mol. The van der Waals surface area contributed by atoms with Crippen molar-refractivity contribution in [2.45, 2.75) is 6.92 Å². The summed E-state index contributed by atoms with van der Waals surface area (Å²) in [4.78, 5) is 11.6. The lowest BCUT2D eigenvalue weighted by Gasteiger charge is -2.22. The van der Waals surface area contributed by atoms with Crippen LogP contribution in [0, 0.1) is 0 Å². The summed E-state index contributed by atoms with van der Waals surface area (Å²) in [6.07, 6.45) is 0.763. The van der Waals surface area contributed by atoms with E-state index in [1.165, 1.54) is 7.11 Å². The van der Waals surface area contributed by atoms with Crippen LogP contribution in [0.3, 0.4) is 0 Å². The van der Waals surface area contributed by atoms with E-state index in [2.05, 4.69) is 0 Å². The minimum Gasteiger partial charge on any atom is -0.496 e. The van der Waals surface area contributed by atoms with Gasteiger partial charge in [0.1, 0.15) is 5.75 Å². The number of benzene rings is 3. The zero-order chi connectivity index (χ0) is 17.9. The van der Waals surface area contributed by atoms with Gasteiger partial charge in [0, 0.05) is 5.30 Å². The Bertz CT molecular complexity index is 951. The van der Waals surface area contributed by atoms with Gasteiger partial charge in [-0.15, -0.1) is 0 Å². The van der Waals surface area contributed by atoms with E-state index >= 15 is 0 Å². The van der Waals surface area contributed by atoms with Gasteiger partial charge in [-0.25, -0.2) is 0 Å². The maximum Gasteiger partial charge on any atom is 0.262 e. The fourth-order valence-electron chi connectivity index (χ4n) is 2.98. The van der Waals surface area contributed by atoms with Crippen molar-refractivity contribution in [1.29, 1.82) is 0 Å². The fraction of sp³-hybridized carbons (Fsp3) is 0.150. The number of hydrogen-bond acceptors (Lipinski definition) is 4. The molecule has 0 bridgehead atoms. The van der Waals surface area contributed by atoms with Crippen LogP contribution < -0.4 is 15.3 Å². The van der Waals surface area contributed by atoms with Crippen molar-refractivity contribution < 1.29 is 18.6 Å². The SMILES string of the molecule is CCOP(=O)(c1ccccc1)c1cc(OC)c(C=O)c2ccccc12. The van der Waals surface area contributed by atoms with Crippen LogP contribution in [0.25, 0.3) is 10.8 Å². The van der Waals surface area contributed by atoms with Crippen molar-refractivity contribution >= 4 is 35.0 Å². The van der Waals surface area contributed by atoms with Crippen molar-refractivity contribution in [2.24, 2.45) is 0 Å². The lowest BCUT2D eigenvalue weighted by atomic mass is 10.0. The van der Waals surface area contributed by atoms with Crippen LogP contribution in [0.4, 0.5) is 0 Å². The molecular weight excluding hydrogens is 335 g/mol. The Balaban J connectivity index is 2.40. The molecule has 3 aromatic carbocycles. The second-order valence-corrected chi connectivity index (χ2v) is 7.84. The summed E-state index contributed by atoms with van der Waals surface area (Å²) in [5.74, 6) is 0.388. The van der Waals surface area contributed by atoms with Gasteiger partial charge in [-0.05, 0) is 35.9 Å². The molecule has 0 amide bonds. The van der Waals surface area contributed by atoms with Crippen molar-refractivity contribution in [3.8, 4) is 5.75 Å². The van der Waals surface area contributed by atoms with E-state index < -0.39 is 7.37 Å². The molecule has 25 heavy (non-hydrogen) atoms. The summed E-state index contributed by atoms with van der Waals surface area (Å²) in [6.45, 7) is 2.12. The topological polar surface area (TPSA) is 52.6 Å². The molecular formula is C20H19O4P. The highest BCUT2D eigenvalue weighted by Gasteiger charge is 2.31. The first-order valence-electron chi connectivity index (χ1n) is 8.01. The third-order valence-electron chi connectivity index (χ3n) is 4.09. The van der Waals surface area contributed by atoms with E-state index in [-0.39, 0.29) is 0 Å². The number of aldehydes is 1. The molecule has 4 nitrogen and oxygen atoms in total. The quantitative estimate of drug-likeness (QED) is 0.497. The lowest BCUT2D eigenvalue weighted by molar-refractivity contribution is 0.112. The average Bonchev–Trinajstić information content (AvgIpc) is 2.67. The molecule has 0 saturated heterocycles. The van der Waals surface area contributed by atoms with E-state index in [1.807, 2.05) is 49.4 Å². The zero-order valence-corrected chi connectivity index (χ0v) is 15.0. The van der Waals surface area contributed by atoms with Gasteiger partial charge < -0.3 is 9.26 Å². The van der Waals surface area contributed by atoms with Crippen LogP contribution in [0.15, 0.2) is 60.7 Å². The summed E-state index contributed by atoms with van der Waals surface area (Å²) in [6, 6.07) is 18.2. The maximum atomic E-state index is 13.9. The van der Waals surface area contributed by atoms with Crippen LogP contribution in [0.5, 0.6) is 5.75 Å². The van der Waals surface area contributed by atoms with Crippen LogP contribution in [-0.2, 0) is 9.09 Å². The first-order chi connectivity index (χ1) is 12.2. The lowest BCUT2D eigenvalue weighted by Crippen LogP contribution is -2.20. The van der Waals surface area contributed by atoms with E-state index in [9.17, 15) is 9.36 Å². The molecule has 0 spiro atoms. The molecule has 0 fully saturated rings. The molecule has 3 rings (SSSR count). The second kappa shape index (κ2) is 7.22. The predicted molar refractivity (Wildman–Crippen MR) is 101 cm³/mol. The van der Waals surface area contributed by atoms with Gasteiger partial charge in [-0.3, -0.25) is 9.36 Å². The number of ether oxygens (including phenoxy) is 1. The molecule has 0 aliphatic carbocycles. The summed E-state index contributed by atoms with van der Waals surface area (Å²) < 4.78 is 25.1. The highest BCUT2D eigenvalue weighted by atomic mass is 31.2. The molecule has 3 aromatic rings. The van der Waals surface area contributed by atoms with Gasteiger partial charge >= 0.3 is 0 Å². The predicted octanol–water partition coefficient (Wildman–Crippen LogP) is 3.93. The molecule has 1 unspecified atom stereocenters. The van der Waals surface area contributed by atoms with Crippen molar-refractivity contribution in [2.75, 3.05) is 13.7 Å². The van der Waals surface area contributed by atoms with E-state index in [0.29, 0.717) is 33.9 Å². The zero-order valence-electron chi connectivity index (χ0n) is 14.1. The number of rotatable bonds is 6. The smallest absolute Gasteiger partial charge is 0.262 e. The number of carbonyl (C=O) groups excluding carboxylic acids is 1. The fourth-order valence-corrected chi connectivity index (χ4v) is 5.27. The molecule has 0 aliphatic rings. The summed E-state index contributed by atoms with van der Waals surface area (Å²) >= 11 is 0. The second-order valence-electron chi connectivity index (χ2n) is 5.48. The Morgan fingerprint density at radius 1 is 1.00 bits per heavy atom. The minimum atomic E-state index is -3.34. The van der Waals surface area contributed by atoms with Gasteiger partial charge in [0.2, 0.25) is 0 Å². The number of methoxy groups -OCH3 is 1. The van der Waals surface area contributed by atoms with Gasteiger partial charge in [0.25, 0.3) is 7.37 Å². The molecule has 0 N–H and O–H groups in total. The normalized spacial score (nSPS) is 13.4. The van der Waals surface area contributed by atoms with Crippen LogP contribution >= 0.6 is 7.37 Å². The summed E-state index contributed by atoms with van der Waals surface area (Å²) in [5, 5.41) is 2.58. The largest absolute Gasteiger partial charge is 0.496 e. The molecule has 5 heteroatoms. The van der Waals surface area contributed by atoms with Gasteiger partial charge in [0.05, 0.1) is 24.6 Å². The molecule has 1 atom stereocenters. The van der Waals surface area contributed by atoms with Crippen molar-refractivity contribution in [1.82, 2.24) is 0 Å². The Morgan fingerprint density at radius 3 is 2.24 bits per heavy atom. The molecule has 128 valence electrons. The maximum absolute atomic E-state index is 13.9. The Kier molecular flexibility index (Phi) is 5.03. The van der Waals surface area contributed by atoms with E-state index in [1.54, 1.807) is 18.2 Å². The Labute approximate surface area is 146 Å². The van der Waals surface area contributed by atoms with Gasteiger partial charge in [-0.1, -0.05) is 42.5 Å². The molecule has 0 radical (unpaired) electrons. The molecule has 0 heterocycles. The van der Waals surface area contributed by atoms with E-state index in [0.717, 1.165) is 11.7 Å². The molecule has 0 aromatic heterocycles. The molecule has 0 saturated carbocycles. The van der Waals surface area contributed by atoms with Gasteiger partial charge in [-0.2, -0.15) is 0 Å². The third kappa shape index (κ3) is 2.99. The van der Waals surface area contributed by atoms with Crippen molar-refractivity contribution in [3.05, 3.63) is 66.2 Å².